The number of imidazole rings is 1. The summed E-state index contributed by atoms with van der Waals surface area (Å²) in [6.45, 7) is 0.483. The highest BCUT2D eigenvalue weighted by atomic mass is 32.1. The molecule has 0 spiro atoms. The standard InChI is InChI=1S/C16H18F3N3O2S/c1-9(12-3-4-13(25-12)24-8-16(17,18)19)21-15(23)11-7-10(11)14-20-5-6-22(14)2/h3-6,9-11H,7-8H2,1-2H3,(H,21,23)/t9?,10-,11-/m1/s1. The van der Waals surface area contributed by atoms with Crippen molar-refractivity contribution in [2.24, 2.45) is 13.0 Å². The van der Waals surface area contributed by atoms with E-state index in [1.54, 1.807) is 19.2 Å². The molecule has 1 fully saturated rings. The molecule has 3 rings (SSSR count). The minimum absolute atomic E-state index is 0.0633. The molecule has 0 radical (unpaired) electrons. The molecule has 136 valence electrons. The number of carbonyl (C=O) groups excluding carboxylic acids is 1. The molecule has 3 atom stereocenters. The van der Waals surface area contributed by atoms with Crippen molar-refractivity contribution < 1.29 is 22.7 Å². The molecule has 2 heterocycles. The van der Waals surface area contributed by atoms with Crippen LogP contribution in [0.2, 0.25) is 0 Å². The number of thiophene rings is 1. The number of aryl methyl sites for hydroxylation is 1. The molecule has 1 N–H and O–H groups in total. The van der Waals surface area contributed by atoms with E-state index in [0.717, 1.165) is 28.5 Å². The van der Waals surface area contributed by atoms with Crippen molar-refractivity contribution >= 4 is 17.2 Å². The van der Waals surface area contributed by atoms with Gasteiger partial charge in [-0.25, -0.2) is 4.98 Å². The number of halogens is 3. The van der Waals surface area contributed by atoms with Crippen LogP contribution < -0.4 is 10.1 Å². The Bertz CT molecular complexity index is 756. The van der Waals surface area contributed by atoms with Gasteiger partial charge in [0.25, 0.3) is 0 Å². The van der Waals surface area contributed by atoms with Gasteiger partial charge in [0.2, 0.25) is 5.91 Å². The van der Waals surface area contributed by atoms with Crippen LogP contribution in [0, 0.1) is 5.92 Å². The van der Waals surface area contributed by atoms with Crippen LogP contribution in [-0.4, -0.2) is 28.2 Å². The first kappa shape index (κ1) is 17.8. The van der Waals surface area contributed by atoms with E-state index in [9.17, 15) is 18.0 Å². The Morgan fingerprint density at radius 2 is 2.28 bits per heavy atom. The lowest BCUT2D eigenvalue weighted by Crippen LogP contribution is -2.28. The predicted molar refractivity (Wildman–Crippen MR) is 86.5 cm³/mol. The fraction of sp³-hybridized carbons (Fsp3) is 0.500. The van der Waals surface area contributed by atoms with Crippen molar-refractivity contribution in [3.8, 4) is 5.06 Å². The second kappa shape index (κ2) is 6.70. The van der Waals surface area contributed by atoms with Gasteiger partial charge in [-0.3, -0.25) is 4.79 Å². The smallest absolute Gasteiger partial charge is 0.422 e. The Morgan fingerprint density at radius 3 is 2.92 bits per heavy atom. The molecule has 0 aliphatic heterocycles. The summed E-state index contributed by atoms with van der Waals surface area (Å²) >= 11 is 1.10. The monoisotopic (exact) mass is 373 g/mol. The van der Waals surface area contributed by atoms with Gasteiger partial charge in [0.05, 0.1) is 6.04 Å². The predicted octanol–water partition coefficient (Wildman–Crippen LogP) is 3.40. The van der Waals surface area contributed by atoms with Crippen LogP contribution in [0.3, 0.4) is 0 Å². The summed E-state index contributed by atoms with van der Waals surface area (Å²) in [4.78, 5) is 17.4. The van der Waals surface area contributed by atoms with Gasteiger partial charge in [-0.15, -0.1) is 11.3 Å². The third-order valence-corrected chi connectivity index (χ3v) is 5.26. The highest BCUT2D eigenvalue weighted by Crippen LogP contribution is 2.47. The Hall–Kier alpha value is -2.03. The zero-order chi connectivity index (χ0) is 18.2. The van der Waals surface area contributed by atoms with Crippen LogP contribution in [0.5, 0.6) is 5.06 Å². The molecule has 1 aliphatic carbocycles. The Balaban J connectivity index is 1.53. The van der Waals surface area contributed by atoms with E-state index in [1.807, 2.05) is 17.8 Å². The SMILES string of the molecule is CC(NC(=O)[C@@H]1C[C@H]1c1nccn1C)c1ccc(OCC(F)(F)F)s1. The maximum absolute atomic E-state index is 12.3. The molecule has 2 aromatic heterocycles. The Morgan fingerprint density at radius 1 is 1.52 bits per heavy atom. The topological polar surface area (TPSA) is 56.2 Å². The largest absolute Gasteiger partial charge is 0.475 e. The van der Waals surface area contributed by atoms with E-state index >= 15 is 0 Å². The van der Waals surface area contributed by atoms with Gasteiger partial charge < -0.3 is 14.6 Å². The normalized spacial score (nSPS) is 21.0. The maximum atomic E-state index is 12.3. The van der Waals surface area contributed by atoms with E-state index in [-0.39, 0.29) is 28.8 Å². The van der Waals surface area contributed by atoms with E-state index in [0.29, 0.717) is 0 Å². The molecule has 1 aliphatic rings. The number of hydrogen-bond donors (Lipinski definition) is 1. The molecule has 1 saturated carbocycles. The van der Waals surface area contributed by atoms with Crippen LogP contribution in [0.15, 0.2) is 24.5 Å². The van der Waals surface area contributed by atoms with Gasteiger partial charge in [0.1, 0.15) is 5.82 Å². The first-order chi connectivity index (χ1) is 11.7. The van der Waals surface area contributed by atoms with Crippen molar-refractivity contribution in [3.63, 3.8) is 0 Å². The molecule has 9 heteroatoms. The number of alkyl halides is 3. The van der Waals surface area contributed by atoms with Gasteiger partial charge in [0, 0.05) is 36.2 Å². The van der Waals surface area contributed by atoms with Crippen molar-refractivity contribution in [1.82, 2.24) is 14.9 Å². The third-order valence-electron chi connectivity index (χ3n) is 4.08. The molecule has 25 heavy (non-hydrogen) atoms. The zero-order valence-electron chi connectivity index (χ0n) is 13.7. The second-order valence-electron chi connectivity index (χ2n) is 6.14. The van der Waals surface area contributed by atoms with Crippen LogP contribution in [0.25, 0.3) is 0 Å². The van der Waals surface area contributed by atoms with Crippen LogP contribution in [0.1, 0.15) is 36.0 Å². The van der Waals surface area contributed by atoms with Gasteiger partial charge in [-0.05, 0) is 25.5 Å². The van der Waals surface area contributed by atoms with Crippen LogP contribution in [-0.2, 0) is 11.8 Å². The molecule has 2 aromatic rings. The number of hydrogen-bond acceptors (Lipinski definition) is 4. The fourth-order valence-corrected chi connectivity index (χ4v) is 3.55. The van der Waals surface area contributed by atoms with Crippen molar-refractivity contribution in [3.05, 3.63) is 35.2 Å². The van der Waals surface area contributed by atoms with Gasteiger partial charge in [-0.1, -0.05) is 0 Å². The van der Waals surface area contributed by atoms with Crippen molar-refractivity contribution in [2.45, 2.75) is 31.5 Å². The number of rotatable bonds is 6. The molecule has 1 amide bonds. The summed E-state index contributed by atoms with van der Waals surface area (Å²) in [5.41, 5.74) is 0. The minimum atomic E-state index is -4.37. The summed E-state index contributed by atoms with van der Waals surface area (Å²) in [6.07, 6.45) is -0.0531. The highest BCUT2D eigenvalue weighted by Gasteiger charge is 2.46. The molecule has 0 aromatic carbocycles. The number of nitrogens with zero attached hydrogens (tertiary/aromatic N) is 2. The third kappa shape index (κ3) is 4.33. The average molecular weight is 373 g/mol. The quantitative estimate of drug-likeness (QED) is 0.844. The summed E-state index contributed by atoms with van der Waals surface area (Å²) in [5.74, 6) is 0.851. The summed E-state index contributed by atoms with van der Waals surface area (Å²) in [7, 11) is 1.90. The Labute approximate surface area is 146 Å². The van der Waals surface area contributed by atoms with Gasteiger partial charge >= 0.3 is 6.18 Å². The summed E-state index contributed by atoms with van der Waals surface area (Å²) in [6, 6.07) is 2.87. The van der Waals surface area contributed by atoms with Crippen LogP contribution in [0.4, 0.5) is 13.2 Å². The average Bonchev–Trinajstić information content (AvgIpc) is 2.97. The number of amides is 1. The Kier molecular flexibility index (Phi) is 4.77. The maximum Gasteiger partial charge on any atom is 0.422 e. The molecule has 1 unspecified atom stereocenters. The summed E-state index contributed by atoms with van der Waals surface area (Å²) < 4.78 is 43.1. The number of ether oxygens (including phenoxy) is 1. The van der Waals surface area contributed by atoms with Gasteiger partial charge in [0.15, 0.2) is 11.7 Å². The minimum Gasteiger partial charge on any atom is -0.475 e. The molecule has 0 bridgehead atoms. The van der Waals surface area contributed by atoms with Crippen LogP contribution >= 0.6 is 11.3 Å². The molecular formula is C16H18F3N3O2S. The molecule has 0 saturated heterocycles. The van der Waals surface area contributed by atoms with Crippen molar-refractivity contribution in [1.29, 1.82) is 0 Å². The van der Waals surface area contributed by atoms with E-state index in [1.165, 1.54) is 6.07 Å². The lowest BCUT2D eigenvalue weighted by Gasteiger charge is -2.12. The van der Waals surface area contributed by atoms with Gasteiger partial charge in [-0.2, -0.15) is 13.2 Å². The lowest BCUT2D eigenvalue weighted by molar-refractivity contribution is -0.152. The highest BCUT2D eigenvalue weighted by molar-refractivity contribution is 7.13. The first-order valence-electron chi connectivity index (χ1n) is 7.81. The molecular weight excluding hydrogens is 355 g/mol. The second-order valence-corrected chi connectivity index (χ2v) is 7.21. The number of nitrogens with one attached hydrogen (secondary N) is 1. The van der Waals surface area contributed by atoms with E-state index in [2.05, 4.69) is 10.3 Å². The van der Waals surface area contributed by atoms with E-state index in [4.69, 9.17) is 4.74 Å². The number of carbonyl (C=O) groups is 1. The zero-order valence-corrected chi connectivity index (χ0v) is 14.5. The molecule has 5 nitrogen and oxygen atoms in total. The van der Waals surface area contributed by atoms with E-state index < -0.39 is 12.8 Å². The van der Waals surface area contributed by atoms with Crippen molar-refractivity contribution in [2.75, 3.05) is 6.61 Å². The first-order valence-corrected chi connectivity index (χ1v) is 8.63. The number of aromatic nitrogens is 2. The fourth-order valence-electron chi connectivity index (χ4n) is 2.69. The lowest BCUT2D eigenvalue weighted by atomic mass is 10.2. The summed E-state index contributed by atoms with van der Waals surface area (Å²) in [5, 5.41) is 3.10.